The summed E-state index contributed by atoms with van der Waals surface area (Å²) >= 11 is 0. The molecule has 0 unspecified atom stereocenters. The maximum absolute atomic E-state index is 11.4. The zero-order chi connectivity index (χ0) is 14.2. The lowest BCUT2D eigenvalue weighted by molar-refractivity contribution is -0.113. The molecule has 18 heavy (non-hydrogen) atoms. The van der Waals surface area contributed by atoms with E-state index >= 15 is 0 Å². The molecule has 0 atom stereocenters. The SMILES string of the molecule is C=CC(N)=O.CC(C)(C)OC(=O)c1ccccc1. The molecule has 4 nitrogen and oxygen atoms in total. The number of carbonyl (C=O) groups excluding carboxylic acids is 2. The van der Waals surface area contributed by atoms with Gasteiger partial charge in [-0.3, -0.25) is 4.79 Å². The van der Waals surface area contributed by atoms with E-state index in [1.165, 1.54) is 0 Å². The molecule has 1 rings (SSSR count). The maximum atomic E-state index is 11.4. The quantitative estimate of drug-likeness (QED) is 0.646. The van der Waals surface area contributed by atoms with Crippen molar-refractivity contribution < 1.29 is 14.3 Å². The van der Waals surface area contributed by atoms with Crippen LogP contribution in [-0.4, -0.2) is 17.5 Å². The summed E-state index contributed by atoms with van der Waals surface area (Å²) in [5.41, 5.74) is 4.71. The van der Waals surface area contributed by atoms with E-state index in [2.05, 4.69) is 12.3 Å². The Bertz CT molecular complexity index is 405. The Morgan fingerprint density at radius 2 is 1.67 bits per heavy atom. The van der Waals surface area contributed by atoms with Crippen LogP contribution < -0.4 is 5.73 Å². The minimum absolute atomic E-state index is 0.270. The molecule has 0 aliphatic rings. The molecule has 0 radical (unpaired) electrons. The van der Waals surface area contributed by atoms with Gasteiger partial charge in [0, 0.05) is 0 Å². The average molecular weight is 249 g/mol. The molecule has 0 heterocycles. The molecule has 0 aliphatic heterocycles. The second-order valence-corrected chi connectivity index (χ2v) is 4.47. The lowest BCUT2D eigenvalue weighted by Gasteiger charge is -2.19. The van der Waals surface area contributed by atoms with E-state index in [1.807, 2.05) is 39.0 Å². The molecule has 0 saturated carbocycles. The minimum Gasteiger partial charge on any atom is -0.456 e. The molecule has 0 saturated heterocycles. The summed E-state index contributed by atoms with van der Waals surface area (Å²) in [5.74, 6) is -0.752. The van der Waals surface area contributed by atoms with Crippen molar-refractivity contribution in [2.75, 3.05) is 0 Å². The number of ether oxygens (including phenoxy) is 1. The van der Waals surface area contributed by atoms with Crippen LogP contribution in [0.1, 0.15) is 31.1 Å². The van der Waals surface area contributed by atoms with Gasteiger partial charge < -0.3 is 10.5 Å². The van der Waals surface area contributed by atoms with Gasteiger partial charge in [-0.2, -0.15) is 0 Å². The molecule has 0 fully saturated rings. The Morgan fingerprint density at radius 3 is 2.00 bits per heavy atom. The van der Waals surface area contributed by atoms with Crippen LogP contribution in [-0.2, 0) is 9.53 Å². The van der Waals surface area contributed by atoms with Crippen molar-refractivity contribution in [2.45, 2.75) is 26.4 Å². The number of benzene rings is 1. The summed E-state index contributed by atoms with van der Waals surface area (Å²) in [6.07, 6.45) is 1.06. The van der Waals surface area contributed by atoms with Gasteiger partial charge >= 0.3 is 5.97 Å². The van der Waals surface area contributed by atoms with Crippen molar-refractivity contribution in [2.24, 2.45) is 5.73 Å². The first kappa shape index (κ1) is 15.9. The molecule has 0 spiro atoms. The van der Waals surface area contributed by atoms with Gasteiger partial charge in [-0.1, -0.05) is 24.8 Å². The Kier molecular flexibility index (Phi) is 6.42. The maximum Gasteiger partial charge on any atom is 0.338 e. The third-order valence-corrected chi connectivity index (χ3v) is 1.61. The fourth-order valence-corrected chi connectivity index (χ4v) is 0.911. The zero-order valence-electron chi connectivity index (χ0n) is 11.0. The van der Waals surface area contributed by atoms with Crippen LogP contribution in [0.25, 0.3) is 0 Å². The van der Waals surface area contributed by atoms with Gasteiger partial charge in [0.2, 0.25) is 5.91 Å². The highest BCUT2D eigenvalue weighted by atomic mass is 16.6. The van der Waals surface area contributed by atoms with Gasteiger partial charge in [0.25, 0.3) is 0 Å². The molecule has 0 aromatic heterocycles. The summed E-state index contributed by atoms with van der Waals surface area (Å²) in [4.78, 5) is 20.9. The fraction of sp³-hybridized carbons (Fsp3) is 0.286. The number of carbonyl (C=O) groups is 2. The summed E-state index contributed by atoms with van der Waals surface area (Å²) in [6.45, 7) is 8.65. The van der Waals surface area contributed by atoms with Crippen LogP contribution in [0.2, 0.25) is 0 Å². The first-order chi connectivity index (χ1) is 8.26. The smallest absolute Gasteiger partial charge is 0.338 e. The number of amides is 1. The number of esters is 1. The molecule has 4 heteroatoms. The Hall–Kier alpha value is -2.10. The molecule has 2 N–H and O–H groups in total. The van der Waals surface area contributed by atoms with Gasteiger partial charge in [0.1, 0.15) is 5.60 Å². The van der Waals surface area contributed by atoms with Crippen molar-refractivity contribution in [3.05, 3.63) is 48.6 Å². The van der Waals surface area contributed by atoms with Gasteiger partial charge in [-0.05, 0) is 39.0 Å². The first-order valence-electron chi connectivity index (χ1n) is 5.46. The van der Waals surface area contributed by atoms with Gasteiger partial charge in [-0.15, -0.1) is 0 Å². The van der Waals surface area contributed by atoms with Crippen LogP contribution >= 0.6 is 0 Å². The summed E-state index contributed by atoms with van der Waals surface area (Å²) in [7, 11) is 0. The standard InChI is InChI=1S/C11H14O2.C3H5NO/c1-11(2,3)13-10(12)9-7-5-4-6-8-9;1-2-3(4)5/h4-8H,1-3H3;2H,1H2,(H2,4,5). The van der Waals surface area contributed by atoms with E-state index in [9.17, 15) is 9.59 Å². The molecule has 1 amide bonds. The molecular weight excluding hydrogens is 230 g/mol. The van der Waals surface area contributed by atoms with Crippen molar-refractivity contribution in [3.8, 4) is 0 Å². The summed E-state index contributed by atoms with van der Waals surface area (Å²) in [5, 5.41) is 0. The van der Waals surface area contributed by atoms with E-state index < -0.39 is 11.5 Å². The minimum atomic E-state index is -0.481. The predicted molar refractivity (Wildman–Crippen MR) is 71.0 cm³/mol. The number of primary amides is 1. The van der Waals surface area contributed by atoms with Crippen LogP contribution in [0.4, 0.5) is 0 Å². The third kappa shape index (κ3) is 8.10. The average Bonchev–Trinajstić information content (AvgIpc) is 2.29. The first-order valence-corrected chi connectivity index (χ1v) is 5.46. The van der Waals surface area contributed by atoms with Crippen molar-refractivity contribution in [1.29, 1.82) is 0 Å². The Labute approximate surface area is 107 Å². The monoisotopic (exact) mass is 249 g/mol. The topological polar surface area (TPSA) is 69.4 Å². The van der Waals surface area contributed by atoms with Crippen molar-refractivity contribution in [1.82, 2.24) is 0 Å². The van der Waals surface area contributed by atoms with E-state index in [0.29, 0.717) is 5.56 Å². The molecule has 0 bridgehead atoms. The van der Waals surface area contributed by atoms with Gasteiger partial charge in [0.15, 0.2) is 0 Å². The van der Waals surface area contributed by atoms with E-state index in [1.54, 1.807) is 12.1 Å². The van der Waals surface area contributed by atoms with Crippen LogP contribution in [0, 0.1) is 0 Å². The van der Waals surface area contributed by atoms with E-state index in [0.717, 1.165) is 6.08 Å². The number of hydrogen-bond donors (Lipinski definition) is 1. The third-order valence-electron chi connectivity index (χ3n) is 1.61. The summed E-state index contributed by atoms with van der Waals surface area (Å²) < 4.78 is 5.18. The summed E-state index contributed by atoms with van der Waals surface area (Å²) in [6, 6.07) is 8.99. The molecule has 1 aromatic rings. The highest BCUT2D eigenvalue weighted by Crippen LogP contribution is 2.11. The van der Waals surface area contributed by atoms with Crippen molar-refractivity contribution >= 4 is 11.9 Å². The second-order valence-electron chi connectivity index (χ2n) is 4.47. The number of hydrogen-bond acceptors (Lipinski definition) is 3. The van der Waals surface area contributed by atoms with Crippen LogP contribution in [0.5, 0.6) is 0 Å². The van der Waals surface area contributed by atoms with Crippen LogP contribution in [0.3, 0.4) is 0 Å². The normalized spacial score (nSPS) is 9.72. The van der Waals surface area contributed by atoms with Gasteiger partial charge in [0.05, 0.1) is 5.56 Å². The highest BCUT2D eigenvalue weighted by molar-refractivity contribution is 5.89. The van der Waals surface area contributed by atoms with Crippen LogP contribution in [0.15, 0.2) is 43.0 Å². The van der Waals surface area contributed by atoms with Crippen molar-refractivity contribution in [3.63, 3.8) is 0 Å². The second kappa shape index (κ2) is 7.27. The lowest BCUT2D eigenvalue weighted by Crippen LogP contribution is -2.23. The van der Waals surface area contributed by atoms with E-state index in [4.69, 9.17) is 4.74 Å². The predicted octanol–water partition coefficient (Wildman–Crippen LogP) is 2.30. The Morgan fingerprint density at radius 1 is 1.22 bits per heavy atom. The molecular formula is C14H19NO3. The van der Waals surface area contributed by atoms with Gasteiger partial charge in [-0.25, -0.2) is 4.79 Å². The number of nitrogens with two attached hydrogens (primary N) is 1. The van der Waals surface area contributed by atoms with E-state index in [-0.39, 0.29) is 5.97 Å². The molecule has 0 aliphatic carbocycles. The number of rotatable bonds is 2. The largest absolute Gasteiger partial charge is 0.456 e. The fourth-order valence-electron chi connectivity index (χ4n) is 0.911. The zero-order valence-corrected chi connectivity index (χ0v) is 11.0. The Balaban J connectivity index is 0.000000494. The molecule has 1 aromatic carbocycles. The molecule has 98 valence electrons. The lowest BCUT2D eigenvalue weighted by atomic mass is 10.2. The highest BCUT2D eigenvalue weighted by Gasteiger charge is 2.16.